The summed E-state index contributed by atoms with van der Waals surface area (Å²) >= 11 is 0. The Labute approximate surface area is 97.9 Å². The molecule has 1 N–H and O–H groups in total. The third kappa shape index (κ3) is 2.53. The Balaban J connectivity index is 1.97. The lowest BCUT2D eigenvalue weighted by molar-refractivity contribution is 0.327. The molecule has 1 aliphatic heterocycles. The number of hydrogen-bond acceptors (Lipinski definition) is 3. The van der Waals surface area contributed by atoms with Crippen LogP contribution in [0.1, 0.15) is 20.3 Å². The molecule has 1 saturated heterocycles. The molecule has 1 aromatic heterocycles. The standard InChI is InChI=1S/C13H21N3/c1-3-15-13-6-8-16(10-11(13)2)12-5-4-7-14-9-12/h4-5,7,9,11,13,15H,3,6,8,10H2,1-2H3. The molecule has 0 aromatic carbocycles. The number of nitrogens with zero attached hydrogens (tertiary/aromatic N) is 2. The topological polar surface area (TPSA) is 28.2 Å². The maximum atomic E-state index is 4.18. The molecule has 0 radical (unpaired) electrons. The van der Waals surface area contributed by atoms with E-state index in [1.165, 1.54) is 12.1 Å². The molecule has 1 aliphatic rings. The number of nitrogens with one attached hydrogen (secondary N) is 1. The second-order valence-corrected chi connectivity index (χ2v) is 4.59. The van der Waals surface area contributed by atoms with Crippen molar-refractivity contribution in [3.8, 4) is 0 Å². The molecule has 16 heavy (non-hydrogen) atoms. The summed E-state index contributed by atoms with van der Waals surface area (Å²) in [6.45, 7) is 7.84. The molecule has 3 heteroatoms. The van der Waals surface area contributed by atoms with Crippen molar-refractivity contribution >= 4 is 5.69 Å². The number of hydrogen-bond donors (Lipinski definition) is 1. The normalized spacial score (nSPS) is 25.8. The zero-order valence-electron chi connectivity index (χ0n) is 10.2. The first-order valence-corrected chi connectivity index (χ1v) is 6.19. The molecule has 1 fully saturated rings. The van der Waals surface area contributed by atoms with Crippen molar-refractivity contribution < 1.29 is 0 Å². The molecule has 88 valence electrons. The second-order valence-electron chi connectivity index (χ2n) is 4.59. The van der Waals surface area contributed by atoms with Gasteiger partial charge in [0.15, 0.2) is 0 Å². The van der Waals surface area contributed by atoms with Crippen LogP contribution in [0.25, 0.3) is 0 Å². The van der Waals surface area contributed by atoms with E-state index in [1.807, 2.05) is 18.5 Å². The van der Waals surface area contributed by atoms with Crippen molar-refractivity contribution in [1.82, 2.24) is 10.3 Å². The fourth-order valence-electron chi connectivity index (χ4n) is 2.49. The lowest BCUT2D eigenvalue weighted by atomic mass is 9.93. The van der Waals surface area contributed by atoms with E-state index in [9.17, 15) is 0 Å². The predicted molar refractivity (Wildman–Crippen MR) is 67.7 cm³/mol. The van der Waals surface area contributed by atoms with Gasteiger partial charge in [0.25, 0.3) is 0 Å². The molecule has 2 unspecified atom stereocenters. The summed E-state index contributed by atoms with van der Waals surface area (Å²) in [6, 6.07) is 4.84. The maximum Gasteiger partial charge on any atom is 0.0552 e. The van der Waals surface area contributed by atoms with Crippen LogP contribution in [0, 0.1) is 5.92 Å². The van der Waals surface area contributed by atoms with Crippen LogP contribution >= 0.6 is 0 Å². The highest BCUT2D eigenvalue weighted by atomic mass is 15.2. The molecule has 1 aromatic rings. The van der Waals surface area contributed by atoms with Gasteiger partial charge in [0.2, 0.25) is 0 Å². The van der Waals surface area contributed by atoms with E-state index in [4.69, 9.17) is 0 Å². The summed E-state index contributed by atoms with van der Waals surface area (Å²) in [5.41, 5.74) is 1.25. The van der Waals surface area contributed by atoms with Gasteiger partial charge in [0.05, 0.1) is 11.9 Å². The quantitative estimate of drug-likeness (QED) is 0.841. The first-order chi connectivity index (χ1) is 7.81. The maximum absolute atomic E-state index is 4.18. The Morgan fingerprint density at radius 2 is 2.44 bits per heavy atom. The van der Waals surface area contributed by atoms with Crippen LogP contribution in [0.4, 0.5) is 5.69 Å². The van der Waals surface area contributed by atoms with Crippen molar-refractivity contribution in [3.05, 3.63) is 24.5 Å². The predicted octanol–water partition coefficient (Wildman–Crippen LogP) is 1.91. The summed E-state index contributed by atoms with van der Waals surface area (Å²) < 4.78 is 0. The highest BCUT2D eigenvalue weighted by molar-refractivity contribution is 5.44. The molecule has 0 amide bonds. The van der Waals surface area contributed by atoms with Crippen molar-refractivity contribution in [2.75, 3.05) is 24.5 Å². The van der Waals surface area contributed by atoms with E-state index in [0.717, 1.165) is 19.6 Å². The average Bonchev–Trinajstić information content (AvgIpc) is 2.33. The molecule has 0 spiro atoms. The van der Waals surface area contributed by atoms with Gasteiger partial charge in [-0.2, -0.15) is 0 Å². The number of aromatic nitrogens is 1. The Bertz CT molecular complexity index is 312. The summed E-state index contributed by atoms with van der Waals surface area (Å²) in [5, 5.41) is 3.56. The number of rotatable bonds is 3. The Morgan fingerprint density at radius 1 is 1.56 bits per heavy atom. The smallest absolute Gasteiger partial charge is 0.0552 e. The molecule has 0 aliphatic carbocycles. The van der Waals surface area contributed by atoms with Gasteiger partial charge < -0.3 is 10.2 Å². The largest absolute Gasteiger partial charge is 0.370 e. The second kappa shape index (κ2) is 5.30. The third-order valence-corrected chi connectivity index (χ3v) is 3.38. The Kier molecular flexibility index (Phi) is 3.78. The minimum atomic E-state index is 0.679. The molecular formula is C13H21N3. The van der Waals surface area contributed by atoms with Crippen molar-refractivity contribution in [2.45, 2.75) is 26.3 Å². The lowest BCUT2D eigenvalue weighted by Crippen LogP contribution is -2.48. The van der Waals surface area contributed by atoms with E-state index in [-0.39, 0.29) is 0 Å². The molecule has 2 rings (SSSR count). The summed E-state index contributed by atoms with van der Waals surface area (Å²) in [4.78, 5) is 6.62. The van der Waals surface area contributed by atoms with Gasteiger partial charge in [-0.05, 0) is 31.0 Å². The van der Waals surface area contributed by atoms with E-state index in [2.05, 4.69) is 35.1 Å². The lowest BCUT2D eigenvalue weighted by Gasteiger charge is -2.38. The van der Waals surface area contributed by atoms with E-state index < -0.39 is 0 Å². The zero-order valence-corrected chi connectivity index (χ0v) is 10.2. The fraction of sp³-hybridized carbons (Fsp3) is 0.615. The van der Waals surface area contributed by atoms with E-state index >= 15 is 0 Å². The van der Waals surface area contributed by atoms with Crippen molar-refractivity contribution in [2.24, 2.45) is 5.92 Å². The van der Waals surface area contributed by atoms with Gasteiger partial charge in [0.1, 0.15) is 0 Å². The third-order valence-electron chi connectivity index (χ3n) is 3.38. The van der Waals surface area contributed by atoms with Crippen molar-refractivity contribution in [3.63, 3.8) is 0 Å². The Hall–Kier alpha value is -1.09. The minimum absolute atomic E-state index is 0.679. The highest BCUT2D eigenvalue weighted by Crippen LogP contribution is 2.22. The Morgan fingerprint density at radius 3 is 3.06 bits per heavy atom. The van der Waals surface area contributed by atoms with Crippen LogP contribution in [0.2, 0.25) is 0 Å². The molecular weight excluding hydrogens is 198 g/mol. The van der Waals surface area contributed by atoms with Gasteiger partial charge in [-0.1, -0.05) is 13.8 Å². The number of anilines is 1. The molecule has 2 atom stereocenters. The average molecular weight is 219 g/mol. The number of piperidine rings is 1. The highest BCUT2D eigenvalue weighted by Gasteiger charge is 2.25. The summed E-state index contributed by atoms with van der Waals surface area (Å²) in [6.07, 6.45) is 5.02. The zero-order chi connectivity index (χ0) is 11.4. The fourth-order valence-corrected chi connectivity index (χ4v) is 2.49. The molecule has 0 bridgehead atoms. The number of pyridine rings is 1. The van der Waals surface area contributed by atoms with E-state index in [0.29, 0.717) is 12.0 Å². The van der Waals surface area contributed by atoms with Crippen LogP contribution < -0.4 is 10.2 Å². The monoisotopic (exact) mass is 219 g/mol. The van der Waals surface area contributed by atoms with Gasteiger partial charge in [-0.15, -0.1) is 0 Å². The van der Waals surface area contributed by atoms with Crippen LogP contribution in [0.5, 0.6) is 0 Å². The van der Waals surface area contributed by atoms with Gasteiger partial charge in [0, 0.05) is 25.3 Å². The van der Waals surface area contributed by atoms with E-state index in [1.54, 1.807) is 0 Å². The van der Waals surface area contributed by atoms with Gasteiger partial charge >= 0.3 is 0 Å². The van der Waals surface area contributed by atoms with Crippen LogP contribution in [0.3, 0.4) is 0 Å². The summed E-state index contributed by atoms with van der Waals surface area (Å²) in [5.74, 6) is 0.703. The molecule has 2 heterocycles. The van der Waals surface area contributed by atoms with Gasteiger partial charge in [-0.3, -0.25) is 4.98 Å². The summed E-state index contributed by atoms with van der Waals surface area (Å²) in [7, 11) is 0. The SMILES string of the molecule is CCNC1CCN(c2cccnc2)CC1C. The molecule has 0 saturated carbocycles. The first kappa shape index (κ1) is 11.4. The minimum Gasteiger partial charge on any atom is -0.370 e. The molecule has 3 nitrogen and oxygen atoms in total. The van der Waals surface area contributed by atoms with Crippen LogP contribution in [0.15, 0.2) is 24.5 Å². The van der Waals surface area contributed by atoms with Crippen LogP contribution in [-0.2, 0) is 0 Å². The van der Waals surface area contributed by atoms with Crippen LogP contribution in [-0.4, -0.2) is 30.7 Å². The van der Waals surface area contributed by atoms with Gasteiger partial charge in [-0.25, -0.2) is 0 Å². The van der Waals surface area contributed by atoms with Crippen molar-refractivity contribution in [1.29, 1.82) is 0 Å². The first-order valence-electron chi connectivity index (χ1n) is 6.19.